The molecule has 0 aliphatic rings. The molecule has 0 amide bonds. The van der Waals surface area contributed by atoms with E-state index in [1.54, 1.807) is 0 Å². The van der Waals surface area contributed by atoms with Crippen molar-refractivity contribution in [2.45, 2.75) is 19.4 Å². The number of rotatable bonds is 3. The third kappa shape index (κ3) is 2.30. The van der Waals surface area contributed by atoms with Crippen LogP contribution in [0.1, 0.15) is 25.0 Å². The predicted octanol–water partition coefficient (Wildman–Crippen LogP) is 2.27. The summed E-state index contributed by atoms with van der Waals surface area (Å²) in [6.07, 6.45) is 0.0169. The molecule has 13 heavy (non-hydrogen) atoms. The van der Waals surface area contributed by atoms with Crippen molar-refractivity contribution < 1.29 is 5.11 Å². The highest BCUT2D eigenvalue weighted by atomic mass is 16.3. The quantitative estimate of drug-likeness (QED) is 0.765. The SMILES string of the molecule is CC[C@H](C#N)[C@@H](O)c1ccccc1. The molecular weight excluding hydrogens is 162 g/mol. The lowest BCUT2D eigenvalue weighted by Gasteiger charge is -2.14. The second-order valence-corrected chi connectivity index (χ2v) is 3.00. The first-order valence-electron chi connectivity index (χ1n) is 4.42. The Kier molecular flexibility index (Phi) is 3.48. The van der Waals surface area contributed by atoms with Crippen LogP contribution in [0, 0.1) is 17.2 Å². The molecule has 0 spiro atoms. The van der Waals surface area contributed by atoms with Crippen molar-refractivity contribution in [3.05, 3.63) is 35.9 Å². The van der Waals surface area contributed by atoms with Gasteiger partial charge in [-0.15, -0.1) is 0 Å². The van der Waals surface area contributed by atoms with Crippen LogP contribution in [-0.4, -0.2) is 5.11 Å². The topological polar surface area (TPSA) is 44.0 Å². The van der Waals surface area contributed by atoms with Gasteiger partial charge in [0.25, 0.3) is 0 Å². The van der Waals surface area contributed by atoms with Gasteiger partial charge in [-0.05, 0) is 12.0 Å². The monoisotopic (exact) mass is 175 g/mol. The number of nitriles is 1. The van der Waals surface area contributed by atoms with Gasteiger partial charge in [0, 0.05) is 0 Å². The van der Waals surface area contributed by atoms with Crippen LogP contribution in [0.15, 0.2) is 30.3 Å². The number of aliphatic hydroxyl groups is 1. The zero-order valence-electron chi connectivity index (χ0n) is 7.64. The molecule has 0 radical (unpaired) electrons. The van der Waals surface area contributed by atoms with E-state index in [4.69, 9.17) is 5.26 Å². The molecule has 0 fully saturated rings. The summed E-state index contributed by atoms with van der Waals surface area (Å²) in [6, 6.07) is 11.4. The first kappa shape index (κ1) is 9.76. The lowest BCUT2D eigenvalue weighted by molar-refractivity contribution is 0.133. The first-order valence-corrected chi connectivity index (χ1v) is 4.42. The van der Waals surface area contributed by atoms with Crippen molar-refractivity contribution >= 4 is 0 Å². The summed E-state index contributed by atoms with van der Waals surface area (Å²) < 4.78 is 0. The number of hydrogen-bond donors (Lipinski definition) is 1. The van der Waals surface area contributed by atoms with E-state index in [1.807, 2.05) is 37.3 Å². The van der Waals surface area contributed by atoms with Crippen LogP contribution in [0.25, 0.3) is 0 Å². The summed E-state index contributed by atoms with van der Waals surface area (Å²) in [5, 5.41) is 18.5. The van der Waals surface area contributed by atoms with Gasteiger partial charge >= 0.3 is 0 Å². The molecule has 2 nitrogen and oxygen atoms in total. The van der Waals surface area contributed by atoms with Gasteiger partial charge in [-0.2, -0.15) is 5.26 Å². The minimum absolute atomic E-state index is 0.303. The number of aliphatic hydroxyl groups excluding tert-OH is 1. The van der Waals surface area contributed by atoms with Crippen LogP contribution in [0.5, 0.6) is 0 Å². The average molecular weight is 175 g/mol. The van der Waals surface area contributed by atoms with E-state index >= 15 is 0 Å². The second kappa shape index (κ2) is 4.64. The van der Waals surface area contributed by atoms with Gasteiger partial charge in [0.1, 0.15) is 0 Å². The lowest BCUT2D eigenvalue weighted by atomic mass is 9.95. The Balaban J connectivity index is 2.79. The Morgan fingerprint density at radius 2 is 2.00 bits per heavy atom. The van der Waals surface area contributed by atoms with Crippen molar-refractivity contribution in [2.75, 3.05) is 0 Å². The van der Waals surface area contributed by atoms with E-state index in [2.05, 4.69) is 6.07 Å². The summed E-state index contributed by atoms with van der Waals surface area (Å²) in [6.45, 7) is 1.90. The molecule has 2 atom stereocenters. The maximum Gasteiger partial charge on any atom is 0.0948 e. The molecule has 0 unspecified atom stereocenters. The fraction of sp³-hybridized carbons (Fsp3) is 0.364. The molecule has 1 aromatic rings. The molecule has 1 aromatic carbocycles. The average Bonchev–Trinajstić information content (AvgIpc) is 2.21. The van der Waals surface area contributed by atoms with Crippen molar-refractivity contribution in [1.29, 1.82) is 5.26 Å². The predicted molar refractivity (Wildman–Crippen MR) is 50.8 cm³/mol. The van der Waals surface area contributed by atoms with Gasteiger partial charge < -0.3 is 5.11 Å². The van der Waals surface area contributed by atoms with E-state index in [1.165, 1.54) is 0 Å². The molecule has 1 N–H and O–H groups in total. The summed E-state index contributed by atoms with van der Waals surface area (Å²) in [4.78, 5) is 0. The molecule has 0 aliphatic carbocycles. The smallest absolute Gasteiger partial charge is 0.0948 e. The van der Waals surface area contributed by atoms with Crippen LogP contribution in [0.2, 0.25) is 0 Å². The van der Waals surface area contributed by atoms with E-state index in [9.17, 15) is 5.11 Å². The number of hydrogen-bond acceptors (Lipinski definition) is 2. The summed E-state index contributed by atoms with van der Waals surface area (Å²) in [5.41, 5.74) is 0.816. The Morgan fingerprint density at radius 3 is 2.46 bits per heavy atom. The Hall–Kier alpha value is -1.33. The lowest BCUT2D eigenvalue weighted by Crippen LogP contribution is -2.09. The molecule has 1 rings (SSSR count). The van der Waals surface area contributed by atoms with Crippen LogP contribution < -0.4 is 0 Å². The standard InChI is InChI=1S/C11H13NO/c1-2-9(8-12)11(13)10-6-4-3-5-7-10/h3-7,9,11,13H,2H2,1H3/t9-,11-/m1/s1. The van der Waals surface area contributed by atoms with Gasteiger partial charge in [0.15, 0.2) is 0 Å². The number of nitrogens with zero attached hydrogens (tertiary/aromatic N) is 1. The first-order chi connectivity index (χ1) is 6.29. The maximum absolute atomic E-state index is 9.76. The van der Waals surface area contributed by atoms with Gasteiger partial charge in [-0.1, -0.05) is 37.3 Å². The molecule has 0 saturated heterocycles. The molecule has 0 aliphatic heterocycles. The maximum atomic E-state index is 9.76. The Bertz CT molecular complexity index is 289. The van der Waals surface area contributed by atoms with Gasteiger partial charge in [-0.25, -0.2) is 0 Å². The zero-order valence-corrected chi connectivity index (χ0v) is 7.64. The molecule has 0 saturated carbocycles. The molecule has 68 valence electrons. The zero-order chi connectivity index (χ0) is 9.68. The van der Waals surface area contributed by atoms with Crippen molar-refractivity contribution in [3.63, 3.8) is 0 Å². The molecule has 0 heterocycles. The summed E-state index contributed by atoms with van der Waals surface area (Å²) >= 11 is 0. The van der Waals surface area contributed by atoms with E-state index < -0.39 is 6.10 Å². The van der Waals surface area contributed by atoms with E-state index in [0.29, 0.717) is 6.42 Å². The summed E-state index contributed by atoms with van der Waals surface area (Å²) in [7, 11) is 0. The Labute approximate surface area is 78.4 Å². The van der Waals surface area contributed by atoms with Crippen LogP contribution in [0.4, 0.5) is 0 Å². The molecule has 0 bridgehead atoms. The second-order valence-electron chi connectivity index (χ2n) is 3.00. The van der Waals surface area contributed by atoms with E-state index in [0.717, 1.165) is 5.56 Å². The van der Waals surface area contributed by atoms with Crippen molar-refractivity contribution in [2.24, 2.45) is 5.92 Å². The fourth-order valence-corrected chi connectivity index (χ4v) is 1.27. The summed E-state index contributed by atoms with van der Waals surface area (Å²) in [5.74, 6) is -0.303. The van der Waals surface area contributed by atoms with Crippen molar-refractivity contribution in [3.8, 4) is 6.07 Å². The van der Waals surface area contributed by atoms with E-state index in [-0.39, 0.29) is 5.92 Å². The minimum atomic E-state index is -0.656. The third-order valence-corrected chi connectivity index (χ3v) is 2.13. The van der Waals surface area contributed by atoms with Crippen LogP contribution in [0.3, 0.4) is 0 Å². The highest BCUT2D eigenvalue weighted by molar-refractivity contribution is 5.19. The van der Waals surface area contributed by atoms with Gasteiger partial charge in [-0.3, -0.25) is 0 Å². The normalized spacial score (nSPS) is 14.5. The highest BCUT2D eigenvalue weighted by Gasteiger charge is 2.17. The largest absolute Gasteiger partial charge is 0.387 e. The fourth-order valence-electron chi connectivity index (χ4n) is 1.27. The molecule has 2 heteroatoms. The van der Waals surface area contributed by atoms with Gasteiger partial charge in [0.2, 0.25) is 0 Å². The van der Waals surface area contributed by atoms with Gasteiger partial charge in [0.05, 0.1) is 18.1 Å². The molecule has 0 aromatic heterocycles. The highest BCUT2D eigenvalue weighted by Crippen LogP contribution is 2.23. The van der Waals surface area contributed by atoms with Crippen LogP contribution >= 0.6 is 0 Å². The Morgan fingerprint density at radius 1 is 1.38 bits per heavy atom. The molecular formula is C11H13NO. The van der Waals surface area contributed by atoms with Crippen LogP contribution in [-0.2, 0) is 0 Å². The van der Waals surface area contributed by atoms with Crippen molar-refractivity contribution in [1.82, 2.24) is 0 Å². The number of benzene rings is 1. The third-order valence-electron chi connectivity index (χ3n) is 2.13. The minimum Gasteiger partial charge on any atom is -0.387 e.